The van der Waals surface area contributed by atoms with Gasteiger partial charge in [-0.2, -0.15) is 0 Å². The summed E-state index contributed by atoms with van der Waals surface area (Å²) in [4.78, 5) is 23.5. The molecule has 0 aromatic carbocycles. The topological polar surface area (TPSA) is 75.6 Å². The maximum atomic E-state index is 12.3. The molecule has 0 bridgehead atoms. The lowest BCUT2D eigenvalue weighted by atomic mass is 9.44. The lowest BCUT2D eigenvalue weighted by molar-refractivity contribution is -0.140. The van der Waals surface area contributed by atoms with Gasteiger partial charge in [0.05, 0.1) is 19.6 Å². The second-order valence-electron chi connectivity index (χ2n) is 12.5. The molecule has 0 spiro atoms. The molecule has 9 atom stereocenters. The van der Waals surface area contributed by atoms with Crippen LogP contribution in [0.5, 0.6) is 0 Å². The van der Waals surface area contributed by atoms with E-state index in [9.17, 15) is 14.7 Å². The quantitative estimate of drug-likeness (QED) is 0.517. The second-order valence-corrected chi connectivity index (χ2v) is 12.5. The monoisotopic (exact) mass is 461 g/mol. The molecule has 0 aromatic heterocycles. The predicted molar refractivity (Wildman–Crippen MR) is 129 cm³/mol. The Morgan fingerprint density at radius 1 is 1.00 bits per heavy atom. The zero-order chi connectivity index (χ0) is 23.8. The van der Waals surface area contributed by atoms with Crippen molar-refractivity contribution in [1.82, 2.24) is 5.32 Å². The Balaban J connectivity index is 1.34. The van der Waals surface area contributed by atoms with E-state index in [0.717, 1.165) is 42.9 Å². The molecular weight excluding hydrogens is 414 g/mol. The fourth-order valence-corrected chi connectivity index (χ4v) is 9.27. The van der Waals surface area contributed by atoms with Crippen LogP contribution >= 0.6 is 0 Å². The summed E-state index contributed by atoms with van der Waals surface area (Å²) in [6.07, 6.45) is 12.9. The Kier molecular flexibility index (Phi) is 7.48. The van der Waals surface area contributed by atoms with Gasteiger partial charge in [-0.25, -0.2) is 0 Å². The number of nitrogens with one attached hydrogen (secondary N) is 1. The number of ether oxygens (including phenoxy) is 1. The lowest BCUT2D eigenvalue weighted by Gasteiger charge is -2.61. The van der Waals surface area contributed by atoms with Crippen molar-refractivity contribution >= 4 is 11.9 Å². The number of amides is 1. The molecule has 0 radical (unpaired) electrons. The number of methoxy groups -OCH3 is 1. The molecule has 4 aliphatic carbocycles. The predicted octanol–water partition coefficient (Wildman–Crippen LogP) is 5.10. The Labute approximate surface area is 200 Å². The van der Waals surface area contributed by atoms with Crippen LogP contribution < -0.4 is 5.32 Å². The number of aliphatic hydroxyl groups excluding tert-OH is 1. The Morgan fingerprint density at radius 2 is 1.73 bits per heavy atom. The average Bonchev–Trinajstić information content (AvgIpc) is 3.15. The summed E-state index contributed by atoms with van der Waals surface area (Å²) in [5.74, 6) is 4.31. The van der Waals surface area contributed by atoms with Gasteiger partial charge in [0.1, 0.15) is 0 Å². The van der Waals surface area contributed by atoms with Gasteiger partial charge in [0.25, 0.3) is 0 Å². The number of fused-ring (bicyclic) bond motifs is 5. The summed E-state index contributed by atoms with van der Waals surface area (Å²) >= 11 is 0. The number of rotatable bonds is 7. The molecule has 33 heavy (non-hydrogen) atoms. The SMILES string of the molecule is COC(=O)CCNC(=O)CC[C@@H](C)[C@H]1CC[C@H]2[C@@H]3CC[C@@H]4C[C@H](O)CC[C@]4(C)[C@H]3CC[C@]12C. The minimum absolute atomic E-state index is 0.0555. The van der Waals surface area contributed by atoms with E-state index in [4.69, 9.17) is 0 Å². The Morgan fingerprint density at radius 3 is 2.48 bits per heavy atom. The van der Waals surface area contributed by atoms with E-state index in [0.29, 0.717) is 35.6 Å². The third-order valence-electron chi connectivity index (χ3n) is 11.1. The summed E-state index contributed by atoms with van der Waals surface area (Å²) in [7, 11) is 1.38. The molecule has 0 heterocycles. The first-order valence-corrected chi connectivity index (χ1v) is 13.7. The molecule has 0 aromatic rings. The third kappa shape index (κ3) is 4.73. The van der Waals surface area contributed by atoms with Gasteiger partial charge < -0.3 is 15.2 Å². The van der Waals surface area contributed by atoms with E-state index in [1.807, 2.05) is 0 Å². The molecule has 4 fully saturated rings. The van der Waals surface area contributed by atoms with Crippen LogP contribution in [0.25, 0.3) is 0 Å². The van der Waals surface area contributed by atoms with Crippen molar-refractivity contribution in [2.24, 2.45) is 46.3 Å². The zero-order valence-electron chi connectivity index (χ0n) is 21.4. The van der Waals surface area contributed by atoms with E-state index in [1.54, 1.807) is 0 Å². The first-order chi connectivity index (χ1) is 15.7. The summed E-state index contributed by atoms with van der Waals surface area (Å²) in [5.41, 5.74) is 0.856. The summed E-state index contributed by atoms with van der Waals surface area (Å²) in [6, 6.07) is 0. The average molecular weight is 462 g/mol. The van der Waals surface area contributed by atoms with Gasteiger partial charge in [0.2, 0.25) is 5.91 Å². The van der Waals surface area contributed by atoms with Crippen molar-refractivity contribution in [1.29, 1.82) is 0 Å². The molecule has 0 saturated heterocycles. The lowest BCUT2D eigenvalue weighted by Crippen LogP contribution is -2.54. The maximum Gasteiger partial charge on any atom is 0.307 e. The van der Waals surface area contributed by atoms with Crippen LogP contribution in [0.3, 0.4) is 0 Å². The number of aliphatic hydroxyl groups is 1. The standard InChI is InChI=1S/C28H47NO4/c1-18(5-10-25(31)29-16-13-26(32)33-4)22-8-9-23-21-7-6-19-17-20(30)11-14-27(19,2)24(21)12-15-28(22,23)3/h18-24,30H,5-17H2,1-4H3,(H,29,31)/t18-,19-,20-,21+,22-,23+,24+,27+,28-/m1/s1. The number of hydrogen-bond donors (Lipinski definition) is 2. The van der Waals surface area contributed by atoms with Crippen molar-refractivity contribution in [2.75, 3.05) is 13.7 Å². The Hall–Kier alpha value is -1.10. The molecule has 4 aliphatic rings. The first kappa shape index (κ1) is 25.0. The van der Waals surface area contributed by atoms with E-state index in [-0.39, 0.29) is 24.4 Å². The van der Waals surface area contributed by atoms with Gasteiger partial charge >= 0.3 is 5.97 Å². The number of carbonyl (C=O) groups excluding carboxylic acids is 2. The molecule has 1 amide bonds. The van der Waals surface area contributed by atoms with Gasteiger partial charge in [-0.3, -0.25) is 9.59 Å². The highest BCUT2D eigenvalue weighted by atomic mass is 16.5. The van der Waals surface area contributed by atoms with Gasteiger partial charge in [-0.05, 0) is 111 Å². The van der Waals surface area contributed by atoms with Crippen molar-refractivity contribution in [3.63, 3.8) is 0 Å². The molecule has 5 nitrogen and oxygen atoms in total. The van der Waals surface area contributed by atoms with Crippen LogP contribution in [0, 0.1) is 46.3 Å². The molecule has 0 unspecified atom stereocenters. The van der Waals surface area contributed by atoms with Crippen LogP contribution in [-0.4, -0.2) is 36.7 Å². The molecule has 2 N–H and O–H groups in total. The van der Waals surface area contributed by atoms with Gasteiger partial charge in [-0.1, -0.05) is 20.8 Å². The number of hydrogen-bond acceptors (Lipinski definition) is 4. The molecule has 5 heteroatoms. The number of esters is 1. The fourth-order valence-electron chi connectivity index (χ4n) is 9.27. The fraction of sp³-hybridized carbons (Fsp3) is 0.929. The van der Waals surface area contributed by atoms with Crippen molar-refractivity contribution in [2.45, 2.75) is 104 Å². The van der Waals surface area contributed by atoms with E-state index in [2.05, 4.69) is 30.8 Å². The third-order valence-corrected chi connectivity index (χ3v) is 11.1. The van der Waals surface area contributed by atoms with Crippen LogP contribution in [0.1, 0.15) is 97.8 Å². The molecule has 4 saturated carbocycles. The smallest absolute Gasteiger partial charge is 0.307 e. The van der Waals surface area contributed by atoms with E-state index < -0.39 is 0 Å². The highest BCUT2D eigenvalue weighted by Gasteiger charge is 2.60. The summed E-state index contributed by atoms with van der Waals surface area (Å²) in [6.45, 7) is 7.88. The maximum absolute atomic E-state index is 12.3. The van der Waals surface area contributed by atoms with Crippen molar-refractivity contribution in [3.05, 3.63) is 0 Å². The summed E-state index contributed by atoms with van der Waals surface area (Å²) < 4.78 is 4.64. The number of carbonyl (C=O) groups is 2. The highest BCUT2D eigenvalue weighted by Crippen LogP contribution is 2.68. The van der Waals surface area contributed by atoms with E-state index in [1.165, 1.54) is 52.1 Å². The largest absolute Gasteiger partial charge is 0.469 e. The van der Waals surface area contributed by atoms with Gasteiger partial charge in [0, 0.05) is 13.0 Å². The van der Waals surface area contributed by atoms with Gasteiger partial charge in [-0.15, -0.1) is 0 Å². The molecule has 4 rings (SSSR count). The van der Waals surface area contributed by atoms with Crippen LogP contribution in [-0.2, 0) is 14.3 Å². The minimum atomic E-state index is -0.281. The molecule has 188 valence electrons. The van der Waals surface area contributed by atoms with Crippen LogP contribution in [0.4, 0.5) is 0 Å². The van der Waals surface area contributed by atoms with E-state index >= 15 is 0 Å². The summed E-state index contributed by atoms with van der Waals surface area (Å²) in [5, 5.41) is 13.1. The van der Waals surface area contributed by atoms with Crippen molar-refractivity contribution < 1.29 is 19.4 Å². The first-order valence-electron chi connectivity index (χ1n) is 13.7. The second kappa shape index (κ2) is 9.87. The zero-order valence-corrected chi connectivity index (χ0v) is 21.4. The van der Waals surface area contributed by atoms with Gasteiger partial charge in [0.15, 0.2) is 0 Å². The molecular formula is C28H47NO4. The highest BCUT2D eigenvalue weighted by molar-refractivity contribution is 5.77. The van der Waals surface area contributed by atoms with Crippen molar-refractivity contribution in [3.8, 4) is 0 Å². The molecule has 0 aliphatic heterocycles. The van der Waals surface area contributed by atoms with Crippen LogP contribution in [0.2, 0.25) is 0 Å². The minimum Gasteiger partial charge on any atom is -0.469 e. The van der Waals surface area contributed by atoms with Crippen LogP contribution in [0.15, 0.2) is 0 Å². The Bertz CT molecular complexity index is 725. The normalized spacial score (nSPS) is 43.1.